The molecule has 1 aliphatic rings. The average Bonchev–Trinajstić information content (AvgIpc) is 2.63. The molecule has 4 heteroatoms. The number of aryl methyl sites for hydroxylation is 1. The number of benzene rings is 2. The van der Waals surface area contributed by atoms with Gasteiger partial charge in [-0.1, -0.05) is 48.0 Å². The van der Waals surface area contributed by atoms with E-state index in [0.717, 1.165) is 5.56 Å². The van der Waals surface area contributed by atoms with Crippen molar-refractivity contribution in [2.24, 2.45) is 5.92 Å². The summed E-state index contributed by atoms with van der Waals surface area (Å²) >= 11 is 0. The maximum atomic E-state index is 13.0. The number of carbonyl (C=O) groups is 1. The molecule has 0 bridgehead atoms. The summed E-state index contributed by atoms with van der Waals surface area (Å²) in [7, 11) is 0. The summed E-state index contributed by atoms with van der Waals surface area (Å²) in [5.41, 5.74) is 4.08. The lowest BCUT2D eigenvalue weighted by molar-refractivity contribution is 0.000838. The monoisotopic (exact) mass is 339 g/mol. The van der Waals surface area contributed by atoms with E-state index in [2.05, 4.69) is 31.2 Å². The third-order valence-corrected chi connectivity index (χ3v) is 5.01. The molecular formula is C21H25NO3. The van der Waals surface area contributed by atoms with Gasteiger partial charge < -0.3 is 15.1 Å². The van der Waals surface area contributed by atoms with Crippen LogP contribution in [-0.4, -0.2) is 46.8 Å². The zero-order valence-corrected chi connectivity index (χ0v) is 14.6. The Hall–Kier alpha value is -2.17. The molecule has 132 valence electrons. The van der Waals surface area contributed by atoms with Crippen LogP contribution in [0.4, 0.5) is 0 Å². The van der Waals surface area contributed by atoms with E-state index in [-0.39, 0.29) is 25.0 Å². The van der Waals surface area contributed by atoms with E-state index in [0.29, 0.717) is 24.9 Å². The molecule has 4 nitrogen and oxygen atoms in total. The zero-order valence-electron chi connectivity index (χ0n) is 14.6. The molecule has 0 radical (unpaired) electrons. The van der Waals surface area contributed by atoms with Crippen LogP contribution in [0.3, 0.4) is 0 Å². The van der Waals surface area contributed by atoms with Crippen LogP contribution in [0.5, 0.6) is 0 Å². The van der Waals surface area contributed by atoms with Crippen molar-refractivity contribution in [3.8, 4) is 0 Å². The van der Waals surface area contributed by atoms with Crippen LogP contribution in [0.2, 0.25) is 0 Å². The fraction of sp³-hybridized carbons (Fsp3) is 0.381. The predicted octanol–water partition coefficient (Wildman–Crippen LogP) is 2.40. The molecule has 1 amide bonds. The Kier molecular flexibility index (Phi) is 5.51. The van der Waals surface area contributed by atoms with Crippen molar-refractivity contribution < 1.29 is 15.0 Å². The van der Waals surface area contributed by atoms with Gasteiger partial charge in [0.2, 0.25) is 0 Å². The first-order valence-corrected chi connectivity index (χ1v) is 8.80. The minimum absolute atomic E-state index is 0.0345. The highest BCUT2D eigenvalue weighted by molar-refractivity contribution is 5.96. The first kappa shape index (κ1) is 17.6. The number of piperidine rings is 1. The van der Waals surface area contributed by atoms with Crippen molar-refractivity contribution in [3.63, 3.8) is 0 Å². The first-order chi connectivity index (χ1) is 12.1. The Morgan fingerprint density at radius 3 is 2.56 bits per heavy atom. The summed E-state index contributed by atoms with van der Waals surface area (Å²) in [6.07, 6.45) is 0.674. The van der Waals surface area contributed by atoms with E-state index < -0.39 is 6.10 Å². The van der Waals surface area contributed by atoms with Crippen LogP contribution in [0.25, 0.3) is 0 Å². The average molecular weight is 339 g/mol. The minimum atomic E-state index is -0.660. The summed E-state index contributed by atoms with van der Waals surface area (Å²) in [5, 5.41) is 19.4. The molecule has 0 aromatic heterocycles. The van der Waals surface area contributed by atoms with E-state index in [1.807, 2.05) is 24.3 Å². The van der Waals surface area contributed by atoms with E-state index in [4.69, 9.17) is 0 Å². The molecule has 0 aliphatic carbocycles. The van der Waals surface area contributed by atoms with Crippen molar-refractivity contribution in [1.29, 1.82) is 0 Å². The number of amides is 1. The lowest BCUT2D eigenvalue weighted by atomic mass is 9.93. The number of aliphatic hydroxyl groups excluding tert-OH is 2. The van der Waals surface area contributed by atoms with Crippen LogP contribution < -0.4 is 0 Å². The molecular weight excluding hydrogens is 314 g/mol. The summed E-state index contributed by atoms with van der Waals surface area (Å²) in [4.78, 5) is 14.7. The van der Waals surface area contributed by atoms with Crippen molar-refractivity contribution >= 4 is 5.91 Å². The van der Waals surface area contributed by atoms with Gasteiger partial charge in [0.15, 0.2) is 0 Å². The molecule has 0 spiro atoms. The SMILES string of the molecule is Cc1ccc(Cc2ccccc2C(=O)N2CC[C@H](CO)[C@H](O)C2)cc1. The molecule has 1 aliphatic heterocycles. The number of hydrogen-bond acceptors (Lipinski definition) is 3. The second kappa shape index (κ2) is 7.81. The van der Waals surface area contributed by atoms with Crippen LogP contribution in [-0.2, 0) is 6.42 Å². The Labute approximate surface area is 148 Å². The molecule has 25 heavy (non-hydrogen) atoms. The van der Waals surface area contributed by atoms with Crippen molar-refractivity contribution in [1.82, 2.24) is 4.90 Å². The van der Waals surface area contributed by atoms with E-state index in [9.17, 15) is 15.0 Å². The molecule has 0 unspecified atom stereocenters. The van der Waals surface area contributed by atoms with Crippen LogP contribution >= 0.6 is 0 Å². The van der Waals surface area contributed by atoms with Gasteiger partial charge in [-0.2, -0.15) is 0 Å². The number of β-amino-alcohol motifs (C(OH)–C–C–N with tert-alkyl or cyclic N) is 1. The fourth-order valence-electron chi connectivity index (χ4n) is 3.36. The third kappa shape index (κ3) is 4.09. The number of carbonyl (C=O) groups excluding carboxylic acids is 1. The standard InChI is InChI=1S/C21H25NO3/c1-15-6-8-16(9-7-15)12-17-4-2-3-5-19(17)21(25)22-11-10-18(14-23)20(24)13-22/h2-9,18,20,23-24H,10-14H2,1H3/t18-,20-/m1/s1. The normalized spacial score (nSPS) is 20.5. The molecule has 1 saturated heterocycles. The van der Waals surface area contributed by atoms with E-state index in [1.165, 1.54) is 11.1 Å². The van der Waals surface area contributed by atoms with Gasteiger partial charge in [-0.25, -0.2) is 0 Å². The summed E-state index contributed by atoms with van der Waals surface area (Å²) in [5.74, 6) is -0.176. The van der Waals surface area contributed by atoms with Gasteiger partial charge in [0.1, 0.15) is 0 Å². The first-order valence-electron chi connectivity index (χ1n) is 8.80. The molecule has 2 atom stereocenters. The van der Waals surface area contributed by atoms with Crippen LogP contribution in [0, 0.1) is 12.8 Å². The second-order valence-electron chi connectivity index (χ2n) is 6.87. The number of rotatable bonds is 4. The Balaban J connectivity index is 1.78. The number of likely N-dealkylation sites (tertiary alicyclic amines) is 1. The lowest BCUT2D eigenvalue weighted by Crippen LogP contribution is -2.47. The Morgan fingerprint density at radius 1 is 1.16 bits per heavy atom. The fourth-order valence-corrected chi connectivity index (χ4v) is 3.36. The zero-order chi connectivity index (χ0) is 17.8. The Bertz CT molecular complexity index is 726. The highest BCUT2D eigenvalue weighted by Gasteiger charge is 2.30. The summed E-state index contributed by atoms with van der Waals surface area (Å²) < 4.78 is 0. The van der Waals surface area contributed by atoms with Gasteiger partial charge in [0.25, 0.3) is 5.91 Å². The number of nitrogens with zero attached hydrogens (tertiary/aromatic N) is 1. The van der Waals surface area contributed by atoms with Crippen LogP contribution in [0.1, 0.15) is 33.5 Å². The van der Waals surface area contributed by atoms with E-state index in [1.54, 1.807) is 4.90 Å². The van der Waals surface area contributed by atoms with Crippen molar-refractivity contribution in [2.45, 2.75) is 25.9 Å². The molecule has 1 fully saturated rings. The molecule has 2 aromatic carbocycles. The van der Waals surface area contributed by atoms with Gasteiger partial charge in [-0.3, -0.25) is 4.79 Å². The molecule has 0 saturated carbocycles. The highest BCUT2D eigenvalue weighted by Crippen LogP contribution is 2.22. The maximum absolute atomic E-state index is 13.0. The number of hydrogen-bond donors (Lipinski definition) is 2. The van der Waals surface area contributed by atoms with Crippen LogP contribution in [0.15, 0.2) is 48.5 Å². The topological polar surface area (TPSA) is 60.8 Å². The molecule has 3 rings (SSSR count). The quantitative estimate of drug-likeness (QED) is 0.899. The predicted molar refractivity (Wildman–Crippen MR) is 97.5 cm³/mol. The van der Waals surface area contributed by atoms with Gasteiger partial charge in [0, 0.05) is 31.2 Å². The lowest BCUT2D eigenvalue weighted by Gasteiger charge is -2.35. The highest BCUT2D eigenvalue weighted by atomic mass is 16.3. The van der Waals surface area contributed by atoms with Gasteiger partial charge in [-0.05, 0) is 37.0 Å². The molecule has 2 N–H and O–H groups in total. The maximum Gasteiger partial charge on any atom is 0.254 e. The summed E-state index contributed by atoms with van der Waals surface area (Å²) in [6, 6.07) is 16.0. The van der Waals surface area contributed by atoms with Gasteiger partial charge in [-0.15, -0.1) is 0 Å². The Morgan fingerprint density at radius 2 is 1.88 bits per heavy atom. The van der Waals surface area contributed by atoms with Crippen molar-refractivity contribution in [3.05, 3.63) is 70.8 Å². The minimum Gasteiger partial charge on any atom is -0.396 e. The largest absolute Gasteiger partial charge is 0.396 e. The van der Waals surface area contributed by atoms with Crippen molar-refractivity contribution in [2.75, 3.05) is 19.7 Å². The number of aliphatic hydroxyl groups is 2. The third-order valence-electron chi connectivity index (χ3n) is 5.01. The van der Waals surface area contributed by atoms with Gasteiger partial charge >= 0.3 is 0 Å². The summed E-state index contributed by atoms with van der Waals surface area (Å²) in [6.45, 7) is 2.87. The smallest absolute Gasteiger partial charge is 0.254 e. The van der Waals surface area contributed by atoms with Gasteiger partial charge in [0.05, 0.1) is 6.10 Å². The second-order valence-corrected chi connectivity index (χ2v) is 6.87. The molecule has 1 heterocycles. The molecule has 2 aromatic rings. The van der Waals surface area contributed by atoms with E-state index >= 15 is 0 Å².